The van der Waals surface area contributed by atoms with E-state index in [-0.39, 0.29) is 0 Å². The molecule has 0 atom stereocenters. The second kappa shape index (κ2) is 4.89. The number of nitrogen functional groups attached to an aromatic ring is 2. The summed E-state index contributed by atoms with van der Waals surface area (Å²) in [4.78, 5) is 0. The summed E-state index contributed by atoms with van der Waals surface area (Å²) in [6.07, 6.45) is 3.44. The highest BCUT2D eigenvalue weighted by atomic mass is 14.6. The first-order valence-corrected chi connectivity index (χ1v) is 5.31. The van der Waals surface area contributed by atoms with E-state index in [1.807, 2.05) is 18.2 Å². The summed E-state index contributed by atoms with van der Waals surface area (Å²) >= 11 is 0. The van der Waals surface area contributed by atoms with Crippen molar-refractivity contribution in [1.29, 1.82) is 0 Å². The van der Waals surface area contributed by atoms with Crippen molar-refractivity contribution in [3.8, 4) is 0 Å². The number of hydrogen-bond donors (Lipinski definition) is 2. The van der Waals surface area contributed by atoms with Crippen LogP contribution in [0.1, 0.15) is 32.3 Å². The maximum Gasteiger partial charge on any atom is 0.0348 e. The van der Waals surface area contributed by atoms with Gasteiger partial charge in [0.1, 0.15) is 0 Å². The zero-order chi connectivity index (χ0) is 10.6. The van der Waals surface area contributed by atoms with Crippen molar-refractivity contribution in [2.75, 3.05) is 11.5 Å². The lowest BCUT2D eigenvalue weighted by atomic mass is 9.93. The maximum absolute atomic E-state index is 5.89. The summed E-state index contributed by atoms with van der Waals surface area (Å²) in [6, 6.07) is 5.74. The lowest BCUT2D eigenvalue weighted by Gasteiger charge is -2.14. The summed E-state index contributed by atoms with van der Waals surface area (Å²) in [5, 5.41) is 0. The van der Waals surface area contributed by atoms with Crippen LogP contribution in [0, 0.1) is 5.92 Å². The Bertz CT molecular complexity index is 290. The average molecular weight is 192 g/mol. The van der Waals surface area contributed by atoms with Gasteiger partial charge in [0.15, 0.2) is 0 Å². The van der Waals surface area contributed by atoms with Gasteiger partial charge in [-0.05, 0) is 36.1 Å². The van der Waals surface area contributed by atoms with Crippen molar-refractivity contribution in [3.05, 3.63) is 23.8 Å². The van der Waals surface area contributed by atoms with Gasteiger partial charge in [-0.25, -0.2) is 0 Å². The van der Waals surface area contributed by atoms with Crippen LogP contribution in [-0.2, 0) is 6.42 Å². The molecule has 1 aromatic rings. The highest BCUT2D eigenvalue weighted by Crippen LogP contribution is 2.22. The van der Waals surface area contributed by atoms with Crippen LogP contribution >= 0.6 is 0 Å². The third-order valence-electron chi connectivity index (χ3n) is 2.83. The number of nitrogens with two attached hydrogens (primary N) is 2. The molecular weight excluding hydrogens is 172 g/mol. The van der Waals surface area contributed by atoms with Gasteiger partial charge >= 0.3 is 0 Å². The van der Waals surface area contributed by atoms with Gasteiger partial charge in [-0.15, -0.1) is 0 Å². The third kappa shape index (κ3) is 2.66. The van der Waals surface area contributed by atoms with Gasteiger partial charge in [0.2, 0.25) is 0 Å². The standard InChI is InChI=1S/C12H20N2/c1-3-9(4-2)7-10-8-11(13)5-6-12(10)14/h5-6,8-9H,3-4,7,13-14H2,1-2H3. The predicted molar refractivity (Wildman–Crippen MR) is 63.0 cm³/mol. The summed E-state index contributed by atoms with van der Waals surface area (Å²) in [5.41, 5.74) is 14.5. The van der Waals surface area contributed by atoms with Gasteiger partial charge in [-0.3, -0.25) is 0 Å². The molecule has 2 heteroatoms. The molecule has 2 nitrogen and oxygen atoms in total. The molecule has 0 unspecified atom stereocenters. The molecule has 0 bridgehead atoms. The molecule has 4 N–H and O–H groups in total. The molecular formula is C12H20N2. The monoisotopic (exact) mass is 192 g/mol. The van der Waals surface area contributed by atoms with Crippen LogP contribution in [0.4, 0.5) is 11.4 Å². The molecule has 0 saturated carbocycles. The molecule has 0 amide bonds. The zero-order valence-electron chi connectivity index (χ0n) is 9.09. The molecule has 0 aliphatic heterocycles. The zero-order valence-corrected chi connectivity index (χ0v) is 9.09. The molecule has 0 saturated heterocycles. The summed E-state index contributed by atoms with van der Waals surface area (Å²) in [5.74, 6) is 0.721. The highest BCUT2D eigenvalue weighted by Gasteiger charge is 2.07. The fraction of sp³-hybridized carbons (Fsp3) is 0.500. The fourth-order valence-corrected chi connectivity index (χ4v) is 1.69. The summed E-state index contributed by atoms with van der Waals surface area (Å²) in [7, 11) is 0. The number of hydrogen-bond acceptors (Lipinski definition) is 2. The van der Waals surface area contributed by atoms with E-state index < -0.39 is 0 Å². The Balaban J connectivity index is 2.79. The quantitative estimate of drug-likeness (QED) is 0.721. The first kappa shape index (κ1) is 10.9. The first-order chi connectivity index (χ1) is 6.67. The van der Waals surface area contributed by atoms with E-state index in [1.54, 1.807) is 0 Å². The van der Waals surface area contributed by atoms with E-state index in [1.165, 1.54) is 18.4 Å². The van der Waals surface area contributed by atoms with Crippen molar-refractivity contribution in [1.82, 2.24) is 0 Å². The molecule has 0 radical (unpaired) electrons. The Morgan fingerprint density at radius 3 is 2.36 bits per heavy atom. The van der Waals surface area contributed by atoms with Crippen LogP contribution in [0.15, 0.2) is 18.2 Å². The van der Waals surface area contributed by atoms with Crippen molar-refractivity contribution in [2.24, 2.45) is 5.92 Å². The van der Waals surface area contributed by atoms with Crippen molar-refractivity contribution in [3.63, 3.8) is 0 Å². The Hall–Kier alpha value is -1.18. The van der Waals surface area contributed by atoms with Gasteiger partial charge in [0, 0.05) is 11.4 Å². The van der Waals surface area contributed by atoms with Gasteiger partial charge in [0.25, 0.3) is 0 Å². The van der Waals surface area contributed by atoms with Crippen LogP contribution in [0.3, 0.4) is 0 Å². The van der Waals surface area contributed by atoms with E-state index in [9.17, 15) is 0 Å². The van der Waals surface area contributed by atoms with E-state index >= 15 is 0 Å². The van der Waals surface area contributed by atoms with E-state index in [0.717, 1.165) is 23.7 Å². The van der Waals surface area contributed by atoms with E-state index in [0.29, 0.717) is 0 Å². The van der Waals surface area contributed by atoms with Crippen LogP contribution in [-0.4, -0.2) is 0 Å². The second-order valence-corrected chi connectivity index (χ2v) is 3.84. The SMILES string of the molecule is CCC(CC)Cc1cc(N)ccc1N. The van der Waals surface area contributed by atoms with Crippen LogP contribution in [0.5, 0.6) is 0 Å². The van der Waals surface area contributed by atoms with Crippen molar-refractivity contribution in [2.45, 2.75) is 33.1 Å². The fourth-order valence-electron chi connectivity index (χ4n) is 1.69. The molecule has 0 fully saturated rings. The number of anilines is 2. The Morgan fingerprint density at radius 2 is 1.79 bits per heavy atom. The minimum absolute atomic E-state index is 0.721. The van der Waals surface area contributed by atoms with Gasteiger partial charge in [-0.1, -0.05) is 26.7 Å². The molecule has 0 spiro atoms. The van der Waals surface area contributed by atoms with Crippen molar-refractivity contribution >= 4 is 11.4 Å². The molecule has 14 heavy (non-hydrogen) atoms. The van der Waals surface area contributed by atoms with E-state index in [2.05, 4.69) is 13.8 Å². The molecule has 1 aromatic carbocycles. The molecule has 78 valence electrons. The predicted octanol–water partition coefficient (Wildman–Crippen LogP) is 2.83. The largest absolute Gasteiger partial charge is 0.399 e. The van der Waals surface area contributed by atoms with Gasteiger partial charge in [0.05, 0.1) is 0 Å². The molecule has 0 aliphatic rings. The summed E-state index contributed by atoms with van der Waals surface area (Å²) in [6.45, 7) is 4.44. The van der Waals surface area contributed by atoms with Crippen LogP contribution in [0.2, 0.25) is 0 Å². The Morgan fingerprint density at radius 1 is 1.14 bits per heavy atom. The van der Waals surface area contributed by atoms with Crippen LogP contribution < -0.4 is 11.5 Å². The minimum atomic E-state index is 0.721. The second-order valence-electron chi connectivity index (χ2n) is 3.84. The normalized spacial score (nSPS) is 10.8. The molecule has 1 rings (SSSR count). The van der Waals surface area contributed by atoms with Gasteiger partial charge in [-0.2, -0.15) is 0 Å². The third-order valence-corrected chi connectivity index (χ3v) is 2.83. The smallest absolute Gasteiger partial charge is 0.0348 e. The lowest BCUT2D eigenvalue weighted by Crippen LogP contribution is -2.05. The summed E-state index contributed by atoms with van der Waals surface area (Å²) < 4.78 is 0. The van der Waals surface area contributed by atoms with Gasteiger partial charge < -0.3 is 11.5 Å². The first-order valence-electron chi connectivity index (χ1n) is 5.31. The van der Waals surface area contributed by atoms with Crippen LogP contribution in [0.25, 0.3) is 0 Å². The number of rotatable bonds is 4. The Labute approximate surface area is 86.3 Å². The number of benzene rings is 1. The molecule has 0 aromatic heterocycles. The van der Waals surface area contributed by atoms with Crippen molar-refractivity contribution < 1.29 is 0 Å². The van der Waals surface area contributed by atoms with E-state index in [4.69, 9.17) is 11.5 Å². The lowest BCUT2D eigenvalue weighted by molar-refractivity contribution is 0.491. The Kier molecular flexibility index (Phi) is 3.81. The minimum Gasteiger partial charge on any atom is -0.399 e. The highest BCUT2D eigenvalue weighted by molar-refractivity contribution is 5.55. The average Bonchev–Trinajstić information content (AvgIpc) is 2.19. The molecule has 0 aliphatic carbocycles. The molecule has 0 heterocycles. The maximum atomic E-state index is 5.89. The topological polar surface area (TPSA) is 52.0 Å².